The Morgan fingerprint density at radius 3 is 2.93 bits per heavy atom. The van der Waals surface area contributed by atoms with Crippen LogP contribution in [0.1, 0.15) is 0 Å². The molecule has 0 fully saturated rings. The van der Waals surface area contributed by atoms with Gasteiger partial charge in [0.15, 0.2) is 0 Å². The quantitative estimate of drug-likeness (QED) is 0.804. The second kappa shape index (κ2) is 3.35. The summed E-state index contributed by atoms with van der Waals surface area (Å²) < 4.78 is 1.80. The van der Waals surface area contributed by atoms with Gasteiger partial charge in [0.1, 0.15) is 6.54 Å². The van der Waals surface area contributed by atoms with Crippen molar-refractivity contribution in [1.29, 1.82) is 0 Å². The van der Waals surface area contributed by atoms with Crippen molar-refractivity contribution in [2.24, 2.45) is 5.73 Å². The molecule has 0 atom stereocenters. The maximum Gasteiger partial charge on any atom is 0.237 e. The van der Waals surface area contributed by atoms with Crippen molar-refractivity contribution >= 4 is 28.4 Å². The highest BCUT2D eigenvalue weighted by Gasteiger charge is 2.03. The summed E-state index contributed by atoms with van der Waals surface area (Å²) in [6.45, 7) is 0.200. The van der Waals surface area contributed by atoms with E-state index in [1.807, 2.05) is 24.4 Å². The summed E-state index contributed by atoms with van der Waals surface area (Å²) in [6.07, 6.45) is 1.83. The van der Waals surface area contributed by atoms with E-state index in [1.165, 1.54) is 0 Å². The fourth-order valence-corrected chi connectivity index (χ4v) is 1.66. The van der Waals surface area contributed by atoms with Crippen LogP contribution in [0.2, 0.25) is 5.02 Å². The molecule has 72 valence electrons. The van der Waals surface area contributed by atoms with Gasteiger partial charge >= 0.3 is 0 Å². The van der Waals surface area contributed by atoms with Gasteiger partial charge in [-0.05, 0) is 24.3 Å². The van der Waals surface area contributed by atoms with Gasteiger partial charge in [0.25, 0.3) is 0 Å². The molecule has 0 spiro atoms. The zero-order valence-corrected chi connectivity index (χ0v) is 8.16. The minimum Gasteiger partial charge on any atom is -0.368 e. The largest absolute Gasteiger partial charge is 0.368 e. The molecule has 2 rings (SSSR count). The van der Waals surface area contributed by atoms with E-state index in [4.69, 9.17) is 17.3 Å². The van der Waals surface area contributed by atoms with Gasteiger partial charge in [-0.25, -0.2) is 0 Å². The topological polar surface area (TPSA) is 48.0 Å². The van der Waals surface area contributed by atoms with Gasteiger partial charge in [-0.3, -0.25) is 4.79 Å². The summed E-state index contributed by atoms with van der Waals surface area (Å²) in [5.74, 6) is -0.350. The van der Waals surface area contributed by atoms with Crippen LogP contribution in [0.3, 0.4) is 0 Å². The highest BCUT2D eigenvalue weighted by atomic mass is 35.5. The first-order chi connectivity index (χ1) is 6.66. The first-order valence-corrected chi connectivity index (χ1v) is 4.57. The number of carbonyl (C=O) groups is 1. The number of hydrogen-bond donors (Lipinski definition) is 1. The van der Waals surface area contributed by atoms with Crippen LogP contribution in [-0.4, -0.2) is 10.5 Å². The first-order valence-electron chi connectivity index (χ1n) is 4.19. The van der Waals surface area contributed by atoms with Crippen molar-refractivity contribution in [3.63, 3.8) is 0 Å². The van der Waals surface area contributed by atoms with E-state index in [9.17, 15) is 4.79 Å². The second-order valence-corrected chi connectivity index (χ2v) is 3.55. The second-order valence-electron chi connectivity index (χ2n) is 3.11. The molecule has 0 aliphatic rings. The number of halogens is 1. The van der Waals surface area contributed by atoms with Crippen LogP contribution >= 0.6 is 11.6 Å². The third kappa shape index (κ3) is 1.59. The molecule has 2 aromatic rings. The number of carbonyl (C=O) groups excluding carboxylic acids is 1. The molecule has 0 saturated heterocycles. The van der Waals surface area contributed by atoms with Gasteiger partial charge in [0.05, 0.1) is 0 Å². The standard InChI is InChI=1S/C10H9ClN2O/c11-8-1-2-9-7(5-8)3-4-13(9)6-10(12)14/h1-5H,6H2,(H2,12,14). The SMILES string of the molecule is NC(=O)Cn1ccc2cc(Cl)ccc21. The van der Waals surface area contributed by atoms with E-state index < -0.39 is 0 Å². The maximum absolute atomic E-state index is 10.8. The molecule has 1 amide bonds. The number of nitrogens with two attached hydrogens (primary N) is 1. The number of primary amides is 1. The normalized spacial score (nSPS) is 10.6. The van der Waals surface area contributed by atoms with E-state index >= 15 is 0 Å². The molecule has 0 saturated carbocycles. The molecular weight excluding hydrogens is 200 g/mol. The monoisotopic (exact) mass is 208 g/mol. The van der Waals surface area contributed by atoms with Crippen molar-refractivity contribution < 1.29 is 4.79 Å². The number of fused-ring (bicyclic) bond motifs is 1. The Labute approximate surface area is 86.1 Å². The smallest absolute Gasteiger partial charge is 0.237 e. The molecule has 0 unspecified atom stereocenters. The number of benzene rings is 1. The lowest BCUT2D eigenvalue weighted by Crippen LogP contribution is -2.17. The van der Waals surface area contributed by atoms with Crippen molar-refractivity contribution in [3.05, 3.63) is 35.5 Å². The third-order valence-electron chi connectivity index (χ3n) is 2.06. The molecule has 0 aliphatic heterocycles. The van der Waals surface area contributed by atoms with Crippen LogP contribution in [0.15, 0.2) is 30.5 Å². The first kappa shape index (κ1) is 9.09. The summed E-state index contributed by atoms with van der Waals surface area (Å²) in [7, 11) is 0. The average molecular weight is 209 g/mol. The van der Waals surface area contributed by atoms with Crippen LogP contribution < -0.4 is 5.73 Å². The molecular formula is C10H9ClN2O. The minimum atomic E-state index is -0.350. The fraction of sp³-hybridized carbons (Fsp3) is 0.100. The van der Waals surface area contributed by atoms with Crippen LogP contribution in [0.5, 0.6) is 0 Å². The average Bonchev–Trinajstić information content (AvgIpc) is 2.47. The Balaban J connectivity index is 2.52. The fourth-order valence-electron chi connectivity index (χ4n) is 1.48. The lowest BCUT2D eigenvalue weighted by atomic mass is 10.2. The summed E-state index contributed by atoms with van der Waals surface area (Å²) >= 11 is 5.83. The molecule has 0 bridgehead atoms. The van der Waals surface area contributed by atoms with E-state index in [-0.39, 0.29) is 12.5 Å². The molecule has 0 aliphatic carbocycles. The molecule has 4 heteroatoms. The molecule has 14 heavy (non-hydrogen) atoms. The van der Waals surface area contributed by atoms with Gasteiger partial charge < -0.3 is 10.3 Å². The van der Waals surface area contributed by atoms with Crippen LogP contribution in [0.4, 0.5) is 0 Å². The number of nitrogens with zero attached hydrogens (tertiary/aromatic N) is 1. The minimum absolute atomic E-state index is 0.200. The molecule has 2 N–H and O–H groups in total. The highest BCUT2D eigenvalue weighted by Crippen LogP contribution is 2.20. The zero-order chi connectivity index (χ0) is 10.1. The van der Waals surface area contributed by atoms with Crippen molar-refractivity contribution in [2.45, 2.75) is 6.54 Å². The Morgan fingerprint density at radius 1 is 1.43 bits per heavy atom. The third-order valence-corrected chi connectivity index (χ3v) is 2.29. The van der Waals surface area contributed by atoms with E-state index in [1.54, 1.807) is 10.6 Å². The summed E-state index contributed by atoms with van der Waals surface area (Å²) in [6, 6.07) is 7.43. The summed E-state index contributed by atoms with van der Waals surface area (Å²) in [5, 5.41) is 1.70. The predicted molar refractivity (Wildman–Crippen MR) is 56.1 cm³/mol. The number of amides is 1. The number of hydrogen-bond acceptors (Lipinski definition) is 1. The molecule has 0 radical (unpaired) electrons. The molecule has 1 heterocycles. The van der Waals surface area contributed by atoms with Crippen molar-refractivity contribution in [1.82, 2.24) is 4.57 Å². The maximum atomic E-state index is 10.8. The van der Waals surface area contributed by atoms with Crippen LogP contribution in [0, 0.1) is 0 Å². The van der Waals surface area contributed by atoms with E-state index in [0.29, 0.717) is 5.02 Å². The van der Waals surface area contributed by atoms with Gasteiger partial charge in [0, 0.05) is 22.1 Å². The number of rotatable bonds is 2. The Hall–Kier alpha value is -1.48. The Bertz CT molecular complexity index is 490. The zero-order valence-electron chi connectivity index (χ0n) is 7.40. The van der Waals surface area contributed by atoms with E-state index in [0.717, 1.165) is 10.9 Å². The lowest BCUT2D eigenvalue weighted by molar-refractivity contribution is -0.118. The van der Waals surface area contributed by atoms with Gasteiger partial charge in [-0.1, -0.05) is 11.6 Å². The van der Waals surface area contributed by atoms with Crippen LogP contribution in [-0.2, 0) is 11.3 Å². The van der Waals surface area contributed by atoms with Crippen LogP contribution in [0.25, 0.3) is 10.9 Å². The van der Waals surface area contributed by atoms with Gasteiger partial charge in [-0.2, -0.15) is 0 Å². The molecule has 1 aromatic carbocycles. The van der Waals surface area contributed by atoms with Gasteiger partial charge in [-0.15, -0.1) is 0 Å². The lowest BCUT2D eigenvalue weighted by Gasteiger charge is -2.01. The number of aromatic nitrogens is 1. The van der Waals surface area contributed by atoms with E-state index in [2.05, 4.69) is 0 Å². The predicted octanol–water partition coefficient (Wildman–Crippen LogP) is 1.78. The summed E-state index contributed by atoms with van der Waals surface area (Å²) in [5.41, 5.74) is 6.08. The Morgan fingerprint density at radius 2 is 2.21 bits per heavy atom. The Kier molecular flexibility index (Phi) is 2.17. The molecule has 1 aromatic heterocycles. The van der Waals surface area contributed by atoms with Gasteiger partial charge in [0.2, 0.25) is 5.91 Å². The van der Waals surface area contributed by atoms with Crippen molar-refractivity contribution in [2.75, 3.05) is 0 Å². The molecule has 3 nitrogen and oxygen atoms in total. The highest BCUT2D eigenvalue weighted by molar-refractivity contribution is 6.31. The van der Waals surface area contributed by atoms with Crippen molar-refractivity contribution in [3.8, 4) is 0 Å². The summed E-state index contributed by atoms with van der Waals surface area (Å²) in [4.78, 5) is 10.8.